The van der Waals surface area contributed by atoms with Gasteiger partial charge in [-0.2, -0.15) is 18.4 Å². The van der Waals surface area contributed by atoms with E-state index >= 15 is 0 Å². The van der Waals surface area contributed by atoms with Crippen LogP contribution in [0.15, 0.2) is 24.4 Å². The summed E-state index contributed by atoms with van der Waals surface area (Å²) in [4.78, 5) is 4.02. The van der Waals surface area contributed by atoms with Crippen LogP contribution in [0.25, 0.3) is 0 Å². The predicted molar refractivity (Wildman–Crippen MR) is 55.8 cm³/mol. The molecule has 0 aromatic carbocycles. The standard InChI is InChI=1S/C11H12F3N3/c1-8(10-4-2-3-5-16-10)17-7-9(6-15)11(12,13)14/h2-5,8-9,17H,7H2,1H3/t8-,9?/m0/s1. The minimum absolute atomic E-state index is 0.325. The first-order chi connectivity index (χ1) is 7.95. The van der Waals surface area contributed by atoms with Crippen LogP contribution in [0.2, 0.25) is 0 Å². The highest BCUT2D eigenvalue weighted by Crippen LogP contribution is 2.25. The Hall–Kier alpha value is -1.61. The van der Waals surface area contributed by atoms with E-state index in [0.717, 1.165) is 0 Å². The summed E-state index contributed by atoms with van der Waals surface area (Å²) in [5, 5.41) is 11.1. The van der Waals surface area contributed by atoms with Crippen LogP contribution in [0, 0.1) is 17.2 Å². The van der Waals surface area contributed by atoms with Gasteiger partial charge in [-0.3, -0.25) is 4.98 Å². The van der Waals surface area contributed by atoms with Crippen molar-refractivity contribution in [1.29, 1.82) is 5.26 Å². The largest absolute Gasteiger partial charge is 0.405 e. The smallest absolute Gasteiger partial charge is 0.307 e. The molecule has 17 heavy (non-hydrogen) atoms. The molecular formula is C11H12F3N3. The first-order valence-corrected chi connectivity index (χ1v) is 5.05. The molecule has 0 aliphatic carbocycles. The number of pyridine rings is 1. The molecule has 1 rings (SSSR count). The van der Waals surface area contributed by atoms with Crippen LogP contribution in [0.1, 0.15) is 18.7 Å². The maximum atomic E-state index is 12.3. The van der Waals surface area contributed by atoms with Crippen LogP contribution >= 0.6 is 0 Å². The average molecular weight is 243 g/mol. The second-order valence-electron chi connectivity index (χ2n) is 3.61. The number of nitrogens with zero attached hydrogens (tertiary/aromatic N) is 2. The number of nitriles is 1. The fourth-order valence-corrected chi connectivity index (χ4v) is 1.27. The third-order valence-electron chi connectivity index (χ3n) is 2.31. The summed E-state index contributed by atoms with van der Waals surface area (Å²) in [6.07, 6.45) is -2.93. The Morgan fingerprint density at radius 1 is 1.47 bits per heavy atom. The Morgan fingerprint density at radius 3 is 2.65 bits per heavy atom. The summed E-state index contributed by atoms with van der Waals surface area (Å²) in [5.41, 5.74) is 0.645. The molecule has 1 aromatic rings. The zero-order valence-corrected chi connectivity index (χ0v) is 9.20. The number of rotatable bonds is 4. The minimum atomic E-state index is -4.49. The first kappa shape index (κ1) is 13.5. The van der Waals surface area contributed by atoms with Gasteiger partial charge in [0, 0.05) is 18.8 Å². The molecule has 3 nitrogen and oxygen atoms in total. The van der Waals surface area contributed by atoms with Gasteiger partial charge >= 0.3 is 6.18 Å². The van der Waals surface area contributed by atoms with Crippen LogP contribution in [-0.4, -0.2) is 17.7 Å². The molecule has 0 amide bonds. The maximum Gasteiger partial charge on any atom is 0.405 e. The Balaban J connectivity index is 2.54. The predicted octanol–water partition coefficient (Wildman–Crippen LogP) is 2.43. The molecular weight excluding hydrogens is 231 g/mol. The number of alkyl halides is 3. The second-order valence-corrected chi connectivity index (χ2v) is 3.61. The lowest BCUT2D eigenvalue weighted by Gasteiger charge is -2.17. The van der Waals surface area contributed by atoms with E-state index in [0.29, 0.717) is 5.69 Å². The van der Waals surface area contributed by atoms with Crippen molar-refractivity contribution in [1.82, 2.24) is 10.3 Å². The Bertz CT molecular complexity index is 383. The lowest BCUT2D eigenvalue weighted by atomic mass is 10.1. The highest BCUT2D eigenvalue weighted by Gasteiger charge is 2.39. The summed E-state index contributed by atoms with van der Waals surface area (Å²) in [6.45, 7) is 1.27. The van der Waals surface area contributed by atoms with Crippen LogP contribution < -0.4 is 5.32 Å². The topological polar surface area (TPSA) is 48.7 Å². The monoisotopic (exact) mass is 243 g/mol. The third kappa shape index (κ3) is 4.04. The molecule has 0 saturated heterocycles. The van der Waals surface area contributed by atoms with E-state index in [1.165, 1.54) is 6.07 Å². The molecule has 2 atom stereocenters. The van der Waals surface area contributed by atoms with Crippen molar-refractivity contribution >= 4 is 0 Å². The minimum Gasteiger partial charge on any atom is -0.307 e. The molecule has 0 bridgehead atoms. The van der Waals surface area contributed by atoms with E-state index in [2.05, 4.69) is 10.3 Å². The fraction of sp³-hybridized carbons (Fsp3) is 0.455. The van der Waals surface area contributed by atoms with Gasteiger partial charge in [0.1, 0.15) is 0 Å². The summed E-state index contributed by atoms with van der Waals surface area (Å²) >= 11 is 0. The highest BCUT2D eigenvalue weighted by molar-refractivity contribution is 5.07. The summed E-state index contributed by atoms with van der Waals surface area (Å²) < 4.78 is 36.9. The highest BCUT2D eigenvalue weighted by atomic mass is 19.4. The number of hydrogen-bond acceptors (Lipinski definition) is 3. The molecule has 0 saturated carbocycles. The molecule has 0 spiro atoms. The second kappa shape index (κ2) is 5.64. The van der Waals surface area contributed by atoms with E-state index in [-0.39, 0.29) is 6.04 Å². The van der Waals surface area contributed by atoms with Gasteiger partial charge in [0.25, 0.3) is 0 Å². The van der Waals surface area contributed by atoms with Gasteiger partial charge < -0.3 is 5.32 Å². The number of hydrogen-bond donors (Lipinski definition) is 1. The van der Waals surface area contributed by atoms with Gasteiger partial charge in [0.15, 0.2) is 5.92 Å². The van der Waals surface area contributed by atoms with Gasteiger partial charge in [-0.05, 0) is 19.1 Å². The van der Waals surface area contributed by atoms with Crippen molar-refractivity contribution in [3.8, 4) is 6.07 Å². The molecule has 6 heteroatoms. The van der Waals surface area contributed by atoms with Crippen molar-refractivity contribution in [2.24, 2.45) is 5.92 Å². The normalized spacial score (nSPS) is 15.0. The van der Waals surface area contributed by atoms with Gasteiger partial charge in [0.2, 0.25) is 0 Å². The lowest BCUT2D eigenvalue weighted by Crippen LogP contribution is -2.34. The summed E-state index contributed by atoms with van der Waals surface area (Å²) in [7, 11) is 0. The van der Waals surface area contributed by atoms with Gasteiger partial charge in [-0.25, -0.2) is 0 Å². The Labute approximate surface area is 97.3 Å². The van der Waals surface area contributed by atoms with E-state index < -0.39 is 18.6 Å². The van der Waals surface area contributed by atoms with Gasteiger partial charge in [-0.15, -0.1) is 0 Å². The fourth-order valence-electron chi connectivity index (χ4n) is 1.27. The third-order valence-corrected chi connectivity index (χ3v) is 2.31. The molecule has 0 aliphatic rings. The van der Waals surface area contributed by atoms with Gasteiger partial charge in [-0.1, -0.05) is 6.07 Å². The molecule has 0 fully saturated rings. The van der Waals surface area contributed by atoms with Crippen molar-refractivity contribution in [2.75, 3.05) is 6.54 Å². The maximum absolute atomic E-state index is 12.3. The molecule has 1 heterocycles. The number of nitrogens with one attached hydrogen (secondary N) is 1. The zero-order valence-electron chi connectivity index (χ0n) is 9.20. The first-order valence-electron chi connectivity index (χ1n) is 5.05. The molecule has 1 aromatic heterocycles. The van der Waals surface area contributed by atoms with Crippen LogP contribution in [-0.2, 0) is 0 Å². The van der Waals surface area contributed by atoms with E-state index in [1.807, 2.05) is 0 Å². The Morgan fingerprint density at radius 2 is 2.18 bits per heavy atom. The van der Waals surface area contributed by atoms with Gasteiger partial charge in [0.05, 0.1) is 11.8 Å². The number of halogens is 3. The van der Waals surface area contributed by atoms with Crippen molar-refractivity contribution in [3.63, 3.8) is 0 Å². The quantitative estimate of drug-likeness (QED) is 0.883. The average Bonchev–Trinajstić information content (AvgIpc) is 2.29. The Kier molecular flexibility index (Phi) is 4.46. The van der Waals surface area contributed by atoms with E-state index in [1.54, 1.807) is 31.3 Å². The van der Waals surface area contributed by atoms with Crippen molar-refractivity contribution in [3.05, 3.63) is 30.1 Å². The van der Waals surface area contributed by atoms with E-state index in [9.17, 15) is 13.2 Å². The summed E-state index contributed by atoms with van der Waals surface area (Å²) in [5.74, 6) is -1.99. The molecule has 0 radical (unpaired) electrons. The molecule has 92 valence electrons. The molecule has 0 aliphatic heterocycles. The lowest BCUT2D eigenvalue weighted by molar-refractivity contribution is -0.157. The SMILES string of the molecule is C[C@H](NCC(C#N)C(F)(F)F)c1ccccn1. The van der Waals surface area contributed by atoms with Crippen LogP contribution in [0.5, 0.6) is 0 Å². The molecule has 1 unspecified atom stereocenters. The van der Waals surface area contributed by atoms with Crippen LogP contribution in [0.3, 0.4) is 0 Å². The molecule has 1 N–H and O–H groups in total. The zero-order chi connectivity index (χ0) is 12.9. The van der Waals surface area contributed by atoms with Crippen molar-refractivity contribution in [2.45, 2.75) is 19.1 Å². The van der Waals surface area contributed by atoms with Crippen molar-refractivity contribution < 1.29 is 13.2 Å². The number of aromatic nitrogens is 1. The summed E-state index contributed by atoms with van der Waals surface area (Å²) in [6, 6.07) is 6.11. The van der Waals surface area contributed by atoms with E-state index in [4.69, 9.17) is 5.26 Å². The van der Waals surface area contributed by atoms with Crippen LogP contribution in [0.4, 0.5) is 13.2 Å².